The second-order valence-corrected chi connectivity index (χ2v) is 5.30. The maximum absolute atomic E-state index is 13.3. The molecule has 3 aromatic rings. The van der Waals surface area contributed by atoms with Crippen molar-refractivity contribution in [2.75, 3.05) is 5.32 Å². The van der Waals surface area contributed by atoms with Crippen LogP contribution in [0, 0.1) is 19.7 Å². The first kappa shape index (κ1) is 15.0. The minimum Gasteiger partial charge on any atom is -0.322 e. The van der Waals surface area contributed by atoms with E-state index in [4.69, 9.17) is 0 Å². The molecule has 0 saturated carbocycles. The molecule has 4 nitrogen and oxygen atoms in total. The molecule has 0 saturated heterocycles. The summed E-state index contributed by atoms with van der Waals surface area (Å²) in [6.45, 7) is 3.64. The lowest BCUT2D eigenvalue weighted by molar-refractivity contribution is 0.102. The number of anilines is 1. The summed E-state index contributed by atoms with van der Waals surface area (Å²) in [5.74, 6) is -0.694. The van der Waals surface area contributed by atoms with Gasteiger partial charge in [0.2, 0.25) is 0 Å². The van der Waals surface area contributed by atoms with Crippen LogP contribution < -0.4 is 5.32 Å². The van der Waals surface area contributed by atoms with Gasteiger partial charge in [0.15, 0.2) is 0 Å². The van der Waals surface area contributed by atoms with Crippen molar-refractivity contribution in [3.05, 3.63) is 77.4 Å². The molecular formula is C18H16FN3O. The predicted octanol–water partition coefficient (Wildman–Crippen LogP) is 3.88. The number of amides is 1. The number of rotatable bonds is 3. The van der Waals surface area contributed by atoms with E-state index in [1.165, 1.54) is 18.3 Å². The summed E-state index contributed by atoms with van der Waals surface area (Å²) in [5.41, 5.74) is 3.32. The zero-order chi connectivity index (χ0) is 16.4. The van der Waals surface area contributed by atoms with Crippen molar-refractivity contribution in [1.82, 2.24) is 9.78 Å². The number of halogens is 1. The van der Waals surface area contributed by atoms with Crippen molar-refractivity contribution in [2.45, 2.75) is 13.8 Å². The lowest BCUT2D eigenvalue weighted by atomic mass is 10.1. The van der Waals surface area contributed by atoms with Crippen LogP contribution >= 0.6 is 0 Å². The summed E-state index contributed by atoms with van der Waals surface area (Å²) in [7, 11) is 0. The number of aromatic nitrogens is 2. The Bertz CT molecular complexity index is 856. The van der Waals surface area contributed by atoms with Crippen LogP contribution in [-0.4, -0.2) is 15.7 Å². The zero-order valence-corrected chi connectivity index (χ0v) is 12.9. The Balaban J connectivity index is 1.89. The summed E-state index contributed by atoms with van der Waals surface area (Å²) in [6, 6.07) is 13.9. The van der Waals surface area contributed by atoms with E-state index >= 15 is 0 Å². The van der Waals surface area contributed by atoms with Crippen LogP contribution in [0.25, 0.3) is 5.69 Å². The van der Waals surface area contributed by atoms with E-state index in [1.54, 1.807) is 10.7 Å². The van der Waals surface area contributed by atoms with E-state index in [9.17, 15) is 9.18 Å². The van der Waals surface area contributed by atoms with Gasteiger partial charge in [-0.15, -0.1) is 0 Å². The highest BCUT2D eigenvalue weighted by atomic mass is 19.1. The van der Waals surface area contributed by atoms with Gasteiger partial charge >= 0.3 is 0 Å². The van der Waals surface area contributed by atoms with Crippen LogP contribution in [0.15, 0.2) is 54.7 Å². The highest BCUT2D eigenvalue weighted by Gasteiger charge is 2.16. The second kappa shape index (κ2) is 6.04. The zero-order valence-electron chi connectivity index (χ0n) is 12.9. The first-order valence-electron chi connectivity index (χ1n) is 7.24. The van der Waals surface area contributed by atoms with Gasteiger partial charge in [-0.2, -0.15) is 5.10 Å². The highest BCUT2D eigenvalue weighted by Crippen LogP contribution is 2.19. The minimum absolute atomic E-state index is 0.307. The molecule has 1 amide bonds. The van der Waals surface area contributed by atoms with Crippen LogP contribution in [0.1, 0.15) is 21.6 Å². The van der Waals surface area contributed by atoms with Crippen LogP contribution in [0.2, 0.25) is 0 Å². The highest BCUT2D eigenvalue weighted by molar-refractivity contribution is 6.05. The largest absolute Gasteiger partial charge is 0.322 e. The molecule has 116 valence electrons. The minimum atomic E-state index is -0.386. The number of carbonyl (C=O) groups is 1. The summed E-state index contributed by atoms with van der Waals surface area (Å²) >= 11 is 0. The molecule has 2 aromatic carbocycles. The molecule has 5 heteroatoms. The fraction of sp³-hybridized carbons (Fsp3) is 0.111. The molecule has 0 aliphatic rings. The molecule has 0 unspecified atom stereocenters. The summed E-state index contributed by atoms with van der Waals surface area (Å²) in [5, 5.41) is 7.01. The van der Waals surface area contributed by atoms with E-state index in [0.717, 1.165) is 16.9 Å². The Kier molecular flexibility index (Phi) is 3.93. The Morgan fingerprint density at radius 2 is 1.87 bits per heavy atom. The SMILES string of the molecule is Cc1ccc(F)cc1NC(=O)c1cnn(-c2ccccc2)c1C. The molecule has 1 N–H and O–H groups in total. The van der Waals surface area contributed by atoms with Gasteiger partial charge in [-0.1, -0.05) is 24.3 Å². The van der Waals surface area contributed by atoms with E-state index < -0.39 is 0 Å². The van der Waals surface area contributed by atoms with Crippen molar-refractivity contribution in [1.29, 1.82) is 0 Å². The third-order valence-corrected chi connectivity index (χ3v) is 3.70. The molecule has 0 radical (unpaired) electrons. The molecular weight excluding hydrogens is 293 g/mol. The summed E-state index contributed by atoms with van der Waals surface area (Å²) in [6.07, 6.45) is 1.52. The predicted molar refractivity (Wildman–Crippen MR) is 87.4 cm³/mol. The van der Waals surface area contributed by atoms with Crippen molar-refractivity contribution in [3.8, 4) is 5.69 Å². The van der Waals surface area contributed by atoms with E-state index in [-0.39, 0.29) is 11.7 Å². The molecule has 0 fully saturated rings. The number of aryl methyl sites for hydroxylation is 1. The fourth-order valence-electron chi connectivity index (χ4n) is 2.38. The maximum atomic E-state index is 13.3. The van der Waals surface area contributed by atoms with Gasteiger partial charge in [0.05, 0.1) is 23.1 Å². The van der Waals surface area contributed by atoms with Crippen LogP contribution in [0.4, 0.5) is 10.1 Å². The van der Waals surface area contributed by atoms with E-state index in [1.807, 2.05) is 44.2 Å². The second-order valence-electron chi connectivity index (χ2n) is 5.30. The van der Waals surface area contributed by atoms with Crippen molar-refractivity contribution in [2.24, 2.45) is 0 Å². The molecule has 0 bridgehead atoms. The molecule has 0 atom stereocenters. The quantitative estimate of drug-likeness (QED) is 0.798. The molecule has 0 spiro atoms. The van der Waals surface area contributed by atoms with E-state index in [0.29, 0.717) is 11.3 Å². The number of para-hydroxylation sites is 1. The summed E-state index contributed by atoms with van der Waals surface area (Å²) in [4.78, 5) is 12.5. The Labute approximate surface area is 133 Å². The average molecular weight is 309 g/mol. The summed E-state index contributed by atoms with van der Waals surface area (Å²) < 4.78 is 15.0. The van der Waals surface area contributed by atoms with Gasteiger partial charge in [-0.05, 0) is 43.7 Å². The van der Waals surface area contributed by atoms with Crippen LogP contribution in [0.3, 0.4) is 0 Å². The van der Waals surface area contributed by atoms with Crippen LogP contribution in [0.5, 0.6) is 0 Å². The number of carbonyl (C=O) groups excluding carboxylic acids is 1. The van der Waals surface area contributed by atoms with Gasteiger partial charge in [0.1, 0.15) is 5.82 Å². The third-order valence-electron chi connectivity index (χ3n) is 3.70. The Hall–Kier alpha value is -2.95. The smallest absolute Gasteiger partial charge is 0.259 e. The fourth-order valence-corrected chi connectivity index (χ4v) is 2.38. The number of hydrogen-bond donors (Lipinski definition) is 1. The van der Waals surface area contributed by atoms with Gasteiger partial charge in [-0.25, -0.2) is 9.07 Å². The lowest BCUT2D eigenvalue weighted by Crippen LogP contribution is -2.14. The first-order chi connectivity index (χ1) is 11.1. The molecule has 23 heavy (non-hydrogen) atoms. The molecule has 3 rings (SSSR count). The normalized spacial score (nSPS) is 10.6. The Morgan fingerprint density at radius 1 is 1.13 bits per heavy atom. The van der Waals surface area contributed by atoms with Crippen molar-refractivity contribution < 1.29 is 9.18 Å². The number of nitrogens with one attached hydrogen (secondary N) is 1. The molecule has 1 aromatic heterocycles. The number of benzene rings is 2. The standard InChI is InChI=1S/C18H16FN3O/c1-12-8-9-14(19)10-17(12)21-18(23)16-11-20-22(13(16)2)15-6-4-3-5-7-15/h3-11H,1-2H3,(H,21,23). The third kappa shape index (κ3) is 2.99. The lowest BCUT2D eigenvalue weighted by Gasteiger charge is -2.09. The van der Waals surface area contributed by atoms with Crippen molar-refractivity contribution >= 4 is 11.6 Å². The van der Waals surface area contributed by atoms with E-state index in [2.05, 4.69) is 10.4 Å². The molecule has 0 aliphatic carbocycles. The average Bonchev–Trinajstić information content (AvgIpc) is 2.93. The monoisotopic (exact) mass is 309 g/mol. The maximum Gasteiger partial charge on any atom is 0.259 e. The number of hydrogen-bond acceptors (Lipinski definition) is 2. The Morgan fingerprint density at radius 3 is 2.61 bits per heavy atom. The first-order valence-corrected chi connectivity index (χ1v) is 7.24. The van der Waals surface area contributed by atoms with Gasteiger partial charge in [-0.3, -0.25) is 4.79 Å². The molecule has 0 aliphatic heterocycles. The van der Waals surface area contributed by atoms with Gasteiger partial charge < -0.3 is 5.32 Å². The van der Waals surface area contributed by atoms with Gasteiger partial charge in [0.25, 0.3) is 5.91 Å². The molecule has 1 heterocycles. The van der Waals surface area contributed by atoms with Crippen molar-refractivity contribution in [3.63, 3.8) is 0 Å². The number of nitrogens with zero attached hydrogens (tertiary/aromatic N) is 2. The topological polar surface area (TPSA) is 46.9 Å². The van der Waals surface area contributed by atoms with Gasteiger partial charge in [0, 0.05) is 5.69 Å². The van der Waals surface area contributed by atoms with Crippen LogP contribution in [-0.2, 0) is 0 Å².